The Morgan fingerprint density at radius 3 is 2.56 bits per heavy atom. The van der Waals surface area contributed by atoms with E-state index in [4.69, 9.17) is 32.7 Å². The number of halogens is 2. The summed E-state index contributed by atoms with van der Waals surface area (Å²) in [5, 5.41) is 4.69. The molecule has 4 nitrogen and oxygen atoms in total. The number of pyridine rings is 1. The molecule has 3 aromatic rings. The summed E-state index contributed by atoms with van der Waals surface area (Å²) in [6, 6.07) is 18.8. The van der Waals surface area contributed by atoms with Crippen LogP contribution in [0.15, 0.2) is 66.9 Å². The van der Waals surface area contributed by atoms with E-state index < -0.39 is 0 Å². The monoisotopic (exact) mass is 402 g/mol. The lowest BCUT2D eigenvalue weighted by Gasteiger charge is -2.14. The highest BCUT2D eigenvalue weighted by Crippen LogP contribution is 2.25. The molecule has 1 N–H and O–H groups in total. The van der Waals surface area contributed by atoms with Crippen molar-refractivity contribution in [3.8, 4) is 11.6 Å². The average Bonchev–Trinajstić information content (AvgIpc) is 2.69. The molecule has 0 aliphatic heterocycles. The number of hydrogen-bond donors (Lipinski definition) is 1. The van der Waals surface area contributed by atoms with Crippen molar-refractivity contribution < 1.29 is 9.47 Å². The van der Waals surface area contributed by atoms with Crippen LogP contribution in [0.4, 0.5) is 0 Å². The zero-order valence-corrected chi connectivity index (χ0v) is 16.2. The van der Waals surface area contributed by atoms with Crippen molar-refractivity contribution in [1.82, 2.24) is 10.3 Å². The van der Waals surface area contributed by atoms with E-state index in [1.807, 2.05) is 60.7 Å². The molecule has 0 saturated carbocycles. The van der Waals surface area contributed by atoms with Gasteiger partial charge in [-0.15, -0.1) is 0 Å². The highest BCUT2D eigenvalue weighted by atomic mass is 35.5. The van der Waals surface area contributed by atoms with Crippen LogP contribution in [0.5, 0.6) is 11.6 Å². The van der Waals surface area contributed by atoms with Crippen LogP contribution in [0.1, 0.15) is 11.1 Å². The smallest absolute Gasteiger partial charge is 0.213 e. The number of benzene rings is 2. The molecule has 0 unspecified atom stereocenters. The molecular weight excluding hydrogens is 383 g/mol. The van der Waals surface area contributed by atoms with E-state index in [1.165, 1.54) is 0 Å². The fourth-order valence-electron chi connectivity index (χ4n) is 2.48. The van der Waals surface area contributed by atoms with Crippen molar-refractivity contribution in [3.05, 3.63) is 88.0 Å². The molecule has 140 valence electrons. The Bertz CT molecular complexity index is 860. The summed E-state index contributed by atoms with van der Waals surface area (Å²) in [5.74, 6) is 1.39. The molecule has 0 aliphatic carbocycles. The van der Waals surface area contributed by atoms with Crippen LogP contribution in [0.3, 0.4) is 0 Å². The maximum atomic E-state index is 6.19. The topological polar surface area (TPSA) is 43.4 Å². The predicted octanol–water partition coefficient (Wildman–Crippen LogP) is 5.14. The van der Waals surface area contributed by atoms with Crippen molar-refractivity contribution in [3.63, 3.8) is 0 Å². The Labute approximate surface area is 169 Å². The van der Waals surface area contributed by atoms with Gasteiger partial charge in [-0.3, -0.25) is 0 Å². The third-order valence-corrected chi connectivity index (χ3v) is 4.45. The van der Waals surface area contributed by atoms with Crippen LogP contribution < -0.4 is 14.8 Å². The van der Waals surface area contributed by atoms with Gasteiger partial charge in [0.25, 0.3) is 0 Å². The molecule has 0 aliphatic rings. The Morgan fingerprint density at radius 2 is 1.74 bits per heavy atom. The Kier molecular flexibility index (Phi) is 7.34. The zero-order valence-electron chi connectivity index (χ0n) is 14.7. The van der Waals surface area contributed by atoms with Crippen molar-refractivity contribution in [1.29, 1.82) is 0 Å². The zero-order chi connectivity index (χ0) is 18.9. The molecule has 0 saturated heterocycles. The normalized spacial score (nSPS) is 10.6. The predicted molar refractivity (Wildman–Crippen MR) is 109 cm³/mol. The van der Waals surface area contributed by atoms with Gasteiger partial charge in [-0.05, 0) is 30.3 Å². The number of nitrogens with zero attached hydrogens (tertiary/aromatic N) is 1. The van der Waals surface area contributed by atoms with Crippen molar-refractivity contribution in [2.75, 3.05) is 13.2 Å². The molecule has 3 rings (SSSR count). The van der Waals surface area contributed by atoms with Crippen molar-refractivity contribution >= 4 is 23.2 Å². The van der Waals surface area contributed by atoms with E-state index >= 15 is 0 Å². The molecule has 1 heterocycles. The Hall–Kier alpha value is -2.27. The lowest BCUT2D eigenvalue weighted by molar-refractivity contribution is 0.295. The standard InChI is InChI=1S/C21H20Cl2N2O2/c22-18-8-9-20(27-15-16-5-1-2-6-19(16)23)17(13-18)14-24-11-12-26-21-7-3-4-10-25-21/h1-10,13,24H,11-12,14-15H2. The minimum Gasteiger partial charge on any atom is -0.489 e. The highest BCUT2D eigenvalue weighted by molar-refractivity contribution is 6.31. The fourth-order valence-corrected chi connectivity index (χ4v) is 2.87. The van der Waals surface area contributed by atoms with Crippen LogP contribution in [-0.4, -0.2) is 18.1 Å². The van der Waals surface area contributed by atoms with Crippen LogP contribution >= 0.6 is 23.2 Å². The average molecular weight is 403 g/mol. The van der Waals surface area contributed by atoms with Crippen molar-refractivity contribution in [2.24, 2.45) is 0 Å². The Balaban J connectivity index is 1.52. The van der Waals surface area contributed by atoms with E-state index in [0.717, 1.165) is 16.9 Å². The van der Waals surface area contributed by atoms with Crippen molar-refractivity contribution in [2.45, 2.75) is 13.2 Å². The molecule has 0 atom stereocenters. The van der Waals surface area contributed by atoms with Gasteiger partial charge in [0.05, 0.1) is 0 Å². The third-order valence-electron chi connectivity index (χ3n) is 3.85. The van der Waals surface area contributed by atoms with Crippen LogP contribution in [0.25, 0.3) is 0 Å². The van der Waals surface area contributed by atoms with Gasteiger partial charge in [0.15, 0.2) is 0 Å². The van der Waals surface area contributed by atoms with E-state index in [-0.39, 0.29) is 0 Å². The summed E-state index contributed by atoms with van der Waals surface area (Å²) in [7, 11) is 0. The van der Waals surface area contributed by atoms with Gasteiger partial charge < -0.3 is 14.8 Å². The SMILES string of the molecule is Clc1ccc(OCc2ccccc2Cl)c(CNCCOc2ccccn2)c1. The first kappa shape index (κ1) is 19.5. The lowest BCUT2D eigenvalue weighted by Crippen LogP contribution is -2.21. The number of ether oxygens (including phenoxy) is 2. The number of nitrogens with one attached hydrogen (secondary N) is 1. The Morgan fingerprint density at radius 1 is 0.889 bits per heavy atom. The summed E-state index contributed by atoms with van der Waals surface area (Å²) in [5.41, 5.74) is 1.92. The summed E-state index contributed by atoms with van der Waals surface area (Å²) in [6.45, 7) is 2.21. The molecule has 0 spiro atoms. The maximum absolute atomic E-state index is 6.19. The molecule has 0 radical (unpaired) electrons. The quantitative estimate of drug-likeness (QED) is 0.503. The first-order valence-corrected chi connectivity index (χ1v) is 9.37. The second-order valence-electron chi connectivity index (χ2n) is 5.83. The summed E-state index contributed by atoms with van der Waals surface area (Å²) < 4.78 is 11.5. The summed E-state index contributed by atoms with van der Waals surface area (Å²) >= 11 is 12.3. The van der Waals surface area contributed by atoms with Crippen LogP contribution in [0, 0.1) is 0 Å². The first-order chi connectivity index (χ1) is 13.2. The number of rotatable bonds is 9. The molecule has 0 bridgehead atoms. The molecule has 1 aromatic heterocycles. The van der Waals surface area contributed by atoms with Gasteiger partial charge in [-0.1, -0.05) is 47.5 Å². The summed E-state index contributed by atoms with van der Waals surface area (Å²) in [6.07, 6.45) is 1.71. The second kappa shape index (κ2) is 10.2. The van der Waals surface area contributed by atoms with E-state index in [2.05, 4.69) is 10.3 Å². The van der Waals surface area contributed by atoms with Crippen LogP contribution in [0.2, 0.25) is 10.0 Å². The largest absolute Gasteiger partial charge is 0.489 e. The number of aromatic nitrogens is 1. The minimum atomic E-state index is 0.400. The molecule has 2 aromatic carbocycles. The van der Waals surface area contributed by atoms with E-state index in [9.17, 15) is 0 Å². The van der Waals surface area contributed by atoms with E-state index in [1.54, 1.807) is 6.20 Å². The van der Waals surface area contributed by atoms with Gasteiger partial charge >= 0.3 is 0 Å². The van der Waals surface area contributed by atoms with Gasteiger partial charge in [0.1, 0.15) is 19.0 Å². The summed E-state index contributed by atoms with van der Waals surface area (Å²) in [4.78, 5) is 4.12. The lowest BCUT2D eigenvalue weighted by atomic mass is 10.2. The molecule has 27 heavy (non-hydrogen) atoms. The molecule has 0 amide bonds. The minimum absolute atomic E-state index is 0.400. The fraction of sp³-hybridized carbons (Fsp3) is 0.190. The van der Waals surface area contributed by atoms with Gasteiger partial charge in [0.2, 0.25) is 5.88 Å². The van der Waals surface area contributed by atoms with Gasteiger partial charge in [-0.2, -0.15) is 0 Å². The van der Waals surface area contributed by atoms with E-state index in [0.29, 0.717) is 42.2 Å². The molecular formula is C21H20Cl2N2O2. The molecule has 0 fully saturated rings. The van der Waals surface area contributed by atoms with Gasteiger partial charge in [0, 0.05) is 46.5 Å². The third kappa shape index (κ3) is 6.14. The maximum Gasteiger partial charge on any atom is 0.213 e. The van der Waals surface area contributed by atoms with Crippen LogP contribution in [-0.2, 0) is 13.2 Å². The first-order valence-electron chi connectivity index (χ1n) is 8.61. The van der Waals surface area contributed by atoms with Gasteiger partial charge in [-0.25, -0.2) is 4.98 Å². The number of hydrogen-bond acceptors (Lipinski definition) is 4. The second-order valence-corrected chi connectivity index (χ2v) is 6.67. The molecule has 6 heteroatoms. The highest BCUT2D eigenvalue weighted by Gasteiger charge is 2.07.